The van der Waals surface area contributed by atoms with Crippen molar-refractivity contribution in [2.75, 3.05) is 6.61 Å². The molecule has 1 aliphatic rings. The predicted octanol–water partition coefficient (Wildman–Crippen LogP) is 1.69. The molecular formula is C11H19NO. The molecule has 0 radical (unpaired) electrons. The van der Waals surface area contributed by atoms with Gasteiger partial charge in [0.1, 0.15) is 0 Å². The minimum atomic E-state index is -0.243. The lowest BCUT2D eigenvalue weighted by molar-refractivity contribution is -0.0707. The molecule has 1 rings (SSSR count). The Hall–Kier alpha value is -0.520. The molecule has 0 aromatic heterocycles. The summed E-state index contributed by atoms with van der Waals surface area (Å²) in [7, 11) is 0. The van der Waals surface area contributed by atoms with Crippen LogP contribution in [0.15, 0.2) is 0 Å². The summed E-state index contributed by atoms with van der Waals surface area (Å²) in [5, 5.41) is 0. The molecule has 0 amide bonds. The molecular weight excluding hydrogens is 162 g/mol. The van der Waals surface area contributed by atoms with Crippen molar-refractivity contribution in [3.05, 3.63) is 0 Å². The van der Waals surface area contributed by atoms with E-state index in [4.69, 9.17) is 16.9 Å². The third-order valence-corrected chi connectivity index (χ3v) is 2.88. The van der Waals surface area contributed by atoms with Crippen LogP contribution in [0.2, 0.25) is 0 Å². The van der Waals surface area contributed by atoms with E-state index in [0.29, 0.717) is 6.61 Å². The van der Waals surface area contributed by atoms with Crippen LogP contribution in [0.25, 0.3) is 0 Å². The Morgan fingerprint density at radius 1 is 1.46 bits per heavy atom. The van der Waals surface area contributed by atoms with Gasteiger partial charge in [0.25, 0.3) is 0 Å². The Bertz CT molecular complexity index is 183. The highest BCUT2D eigenvalue weighted by atomic mass is 16.5. The summed E-state index contributed by atoms with van der Waals surface area (Å²) in [5.41, 5.74) is 5.69. The van der Waals surface area contributed by atoms with Crippen LogP contribution in [-0.4, -0.2) is 18.2 Å². The summed E-state index contributed by atoms with van der Waals surface area (Å²) >= 11 is 0. The van der Waals surface area contributed by atoms with Crippen molar-refractivity contribution in [1.29, 1.82) is 0 Å². The minimum Gasteiger partial charge on any atom is -0.373 e. The smallest absolute Gasteiger partial charge is 0.0956 e. The maximum Gasteiger partial charge on any atom is 0.0956 e. The standard InChI is InChI=1S/C11H19NO/c1-3-10(12)11(13-4-2)8-6-5-7-9-11/h1,10H,4-9,12H2,2H3. The van der Waals surface area contributed by atoms with E-state index in [1.165, 1.54) is 19.3 Å². The van der Waals surface area contributed by atoms with E-state index in [2.05, 4.69) is 5.92 Å². The summed E-state index contributed by atoms with van der Waals surface area (Å²) in [6, 6.07) is -0.243. The Labute approximate surface area is 80.8 Å². The average Bonchev–Trinajstić information content (AvgIpc) is 2.18. The van der Waals surface area contributed by atoms with Crippen LogP contribution in [0.3, 0.4) is 0 Å². The fourth-order valence-corrected chi connectivity index (χ4v) is 2.13. The fraction of sp³-hybridized carbons (Fsp3) is 0.818. The van der Waals surface area contributed by atoms with Gasteiger partial charge in [-0.1, -0.05) is 25.2 Å². The molecule has 0 aliphatic heterocycles. The van der Waals surface area contributed by atoms with Crippen LogP contribution in [0.1, 0.15) is 39.0 Å². The highest BCUT2D eigenvalue weighted by Gasteiger charge is 2.37. The van der Waals surface area contributed by atoms with E-state index in [-0.39, 0.29) is 11.6 Å². The summed E-state index contributed by atoms with van der Waals surface area (Å²) in [5.74, 6) is 2.61. The van der Waals surface area contributed by atoms with Gasteiger partial charge < -0.3 is 10.5 Å². The van der Waals surface area contributed by atoms with Crippen LogP contribution >= 0.6 is 0 Å². The van der Waals surface area contributed by atoms with Gasteiger partial charge in [0.2, 0.25) is 0 Å². The van der Waals surface area contributed by atoms with E-state index in [1.807, 2.05) is 6.92 Å². The lowest BCUT2D eigenvalue weighted by Gasteiger charge is -2.39. The Balaban J connectivity index is 2.67. The molecule has 0 aromatic carbocycles. The molecule has 2 N–H and O–H groups in total. The van der Waals surface area contributed by atoms with E-state index >= 15 is 0 Å². The van der Waals surface area contributed by atoms with Gasteiger partial charge in [0, 0.05) is 6.61 Å². The number of hydrogen-bond acceptors (Lipinski definition) is 2. The van der Waals surface area contributed by atoms with Crippen molar-refractivity contribution in [2.45, 2.75) is 50.7 Å². The Kier molecular flexibility index (Phi) is 3.77. The second-order valence-electron chi connectivity index (χ2n) is 3.70. The molecule has 1 fully saturated rings. The molecule has 1 aliphatic carbocycles. The second kappa shape index (κ2) is 4.64. The molecule has 1 unspecified atom stereocenters. The average molecular weight is 181 g/mol. The van der Waals surface area contributed by atoms with Crippen molar-refractivity contribution in [2.24, 2.45) is 5.73 Å². The summed E-state index contributed by atoms with van der Waals surface area (Å²) in [6.45, 7) is 2.70. The Morgan fingerprint density at radius 2 is 2.08 bits per heavy atom. The van der Waals surface area contributed by atoms with Gasteiger partial charge in [-0.05, 0) is 19.8 Å². The van der Waals surface area contributed by atoms with Crippen LogP contribution in [0, 0.1) is 12.3 Å². The first-order valence-corrected chi connectivity index (χ1v) is 5.11. The first kappa shape index (κ1) is 10.6. The van der Waals surface area contributed by atoms with E-state index < -0.39 is 0 Å². The van der Waals surface area contributed by atoms with Gasteiger partial charge in [-0.2, -0.15) is 0 Å². The predicted molar refractivity (Wildman–Crippen MR) is 54.3 cm³/mol. The summed E-state index contributed by atoms with van der Waals surface area (Å²) in [4.78, 5) is 0. The molecule has 2 nitrogen and oxygen atoms in total. The molecule has 0 bridgehead atoms. The number of nitrogens with two attached hydrogens (primary N) is 1. The van der Waals surface area contributed by atoms with Gasteiger partial charge in [-0.25, -0.2) is 0 Å². The molecule has 0 spiro atoms. The zero-order chi connectivity index (χ0) is 9.73. The van der Waals surface area contributed by atoms with E-state index in [9.17, 15) is 0 Å². The normalized spacial score (nSPS) is 23.5. The topological polar surface area (TPSA) is 35.2 Å². The van der Waals surface area contributed by atoms with Crippen molar-refractivity contribution in [3.63, 3.8) is 0 Å². The third-order valence-electron chi connectivity index (χ3n) is 2.88. The molecule has 1 saturated carbocycles. The molecule has 0 aromatic rings. The third kappa shape index (κ3) is 2.24. The van der Waals surface area contributed by atoms with Crippen LogP contribution < -0.4 is 5.73 Å². The van der Waals surface area contributed by atoms with Gasteiger partial charge in [0.05, 0.1) is 11.6 Å². The Morgan fingerprint density at radius 3 is 2.54 bits per heavy atom. The van der Waals surface area contributed by atoms with Crippen molar-refractivity contribution in [1.82, 2.24) is 0 Å². The second-order valence-corrected chi connectivity index (χ2v) is 3.70. The van der Waals surface area contributed by atoms with Gasteiger partial charge in [-0.3, -0.25) is 0 Å². The molecule has 0 heterocycles. The van der Waals surface area contributed by atoms with Gasteiger partial charge in [-0.15, -0.1) is 6.42 Å². The van der Waals surface area contributed by atoms with E-state index in [0.717, 1.165) is 12.8 Å². The number of ether oxygens (including phenoxy) is 1. The molecule has 1 atom stereocenters. The largest absolute Gasteiger partial charge is 0.373 e. The number of terminal acetylenes is 1. The maximum absolute atomic E-state index is 5.91. The molecule has 2 heteroatoms. The summed E-state index contributed by atoms with van der Waals surface area (Å²) < 4.78 is 5.76. The highest BCUT2D eigenvalue weighted by Crippen LogP contribution is 2.33. The summed E-state index contributed by atoms with van der Waals surface area (Å²) in [6.07, 6.45) is 11.1. The quantitative estimate of drug-likeness (QED) is 0.672. The minimum absolute atomic E-state index is 0.220. The number of rotatable bonds is 3. The van der Waals surface area contributed by atoms with Crippen LogP contribution in [0.5, 0.6) is 0 Å². The molecule has 74 valence electrons. The number of hydrogen-bond donors (Lipinski definition) is 1. The maximum atomic E-state index is 5.91. The zero-order valence-electron chi connectivity index (χ0n) is 8.38. The fourth-order valence-electron chi connectivity index (χ4n) is 2.13. The first-order valence-electron chi connectivity index (χ1n) is 5.11. The molecule has 0 saturated heterocycles. The van der Waals surface area contributed by atoms with Crippen LogP contribution in [0.4, 0.5) is 0 Å². The van der Waals surface area contributed by atoms with Crippen molar-refractivity contribution < 1.29 is 4.74 Å². The molecule has 13 heavy (non-hydrogen) atoms. The zero-order valence-corrected chi connectivity index (χ0v) is 8.38. The first-order chi connectivity index (χ1) is 6.25. The highest BCUT2D eigenvalue weighted by molar-refractivity contribution is 5.09. The van der Waals surface area contributed by atoms with Crippen molar-refractivity contribution in [3.8, 4) is 12.3 Å². The van der Waals surface area contributed by atoms with Gasteiger partial charge >= 0.3 is 0 Å². The van der Waals surface area contributed by atoms with Crippen molar-refractivity contribution >= 4 is 0 Å². The van der Waals surface area contributed by atoms with Gasteiger partial charge in [0.15, 0.2) is 0 Å². The lowest BCUT2D eigenvalue weighted by atomic mass is 9.79. The van der Waals surface area contributed by atoms with E-state index in [1.54, 1.807) is 0 Å². The SMILES string of the molecule is C#CC(N)C1(OCC)CCCCC1. The monoisotopic (exact) mass is 181 g/mol. The lowest BCUT2D eigenvalue weighted by Crippen LogP contribution is -2.50. The van der Waals surface area contributed by atoms with Crippen LogP contribution in [-0.2, 0) is 4.74 Å².